The molecule has 108 valence electrons. The zero-order chi connectivity index (χ0) is 14.7. The predicted molar refractivity (Wildman–Crippen MR) is 83.7 cm³/mol. The molecule has 1 heterocycles. The third-order valence-corrected chi connectivity index (χ3v) is 4.20. The van der Waals surface area contributed by atoms with E-state index in [1.165, 1.54) is 0 Å². The Labute approximate surface area is 128 Å². The summed E-state index contributed by atoms with van der Waals surface area (Å²) in [5, 5.41) is 4.45. The molecule has 0 fully saturated rings. The second kappa shape index (κ2) is 6.41. The first-order valence-electron chi connectivity index (χ1n) is 6.71. The van der Waals surface area contributed by atoms with Crippen LogP contribution in [0.15, 0.2) is 28.7 Å². The van der Waals surface area contributed by atoms with E-state index in [4.69, 9.17) is 10.5 Å². The fourth-order valence-corrected chi connectivity index (χ4v) is 2.73. The fraction of sp³-hybridized carbons (Fsp3) is 0.400. The maximum Gasteiger partial charge on any atom is 0.131 e. The van der Waals surface area contributed by atoms with Gasteiger partial charge in [-0.1, -0.05) is 19.1 Å². The van der Waals surface area contributed by atoms with E-state index in [-0.39, 0.29) is 6.04 Å². The highest BCUT2D eigenvalue weighted by molar-refractivity contribution is 9.10. The molecular weight excluding hydrogens is 318 g/mol. The van der Waals surface area contributed by atoms with Crippen LogP contribution in [0, 0.1) is 0 Å². The van der Waals surface area contributed by atoms with E-state index in [1.807, 2.05) is 42.9 Å². The molecule has 2 N–H and O–H groups in total. The van der Waals surface area contributed by atoms with Gasteiger partial charge in [0.05, 0.1) is 15.9 Å². The molecule has 0 aliphatic heterocycles. The van der Waals surface area contributed by atoms with Crippen LogP contribution in [-0.2, 0) is 20.1 Å². The number of benzene rings is 1. The predicted octanol–water partition coefficient (Wildman–Crippen LogP) is 3.34. The van der Waals surface area contributed by atoms with Crippen LogP contribution in [0.1, 0.15) is 36.8 Å². The lowest BCUT2D eigenvalue weighted by molar-refractivity contribution is 0.294. The van der Waals surface area contributed by atoms with Crippen molar-refractivity contribution in [2.24, 2.45) is 12.8 Å². The maximum atomic E-state index is 5.83. The summed E-state index contributed by atoms with van der Waals surface area (Å²) < 4.78 is 8.71. The van der Waals surface area contributed by atoms with Gasteiger partial charge >= 0.3 is 0 Å². The molecular formula is C15H20BrN3O. The molecule has 0 bridgehead atoms. The molecule has 0 spiro atoms. The van der Waals surface area contributed by atoms with E-state index in [9.17, 15) is 0 Å². The molecule has 0 aliphatic rings. The summed E-state index contributed by atoms with van der Waals surface area (Å²) in [6.45, 7) is 4.54. The van der Waals surface area contributed by atoms with Crippen LogP contribution in [0.5, 0.6) is 5.75 Å². The van der Waals surface area contributed by atoms with Crippen LogP contribution in [-0.4, -0.2) is 9.78 Å². The quantitative estimate of drug-likeness (QED) is 0.910. The second-order valence-electron chi connectivity index (χ2n) is 4.83. The van der Waals surface area contributed by atoms with Crippen molar-refractivity contribution in [2.45, 2.75) is 32.9 Å². The van der Waals surface area contributed by atoms with E-state index < -0.39 is 0 Å². The van der Waals surface area contributed by atoms with Crippen LogP contribution in [0.2, 0.25) is 0 Å². The number of aromatic nitrogens is 2. The number of halogens is 1. The van der Waals surface area contributed by atoms with Crippen molar-refractivity contribution in [2.75, 3.05) is 0 Å². The minimum absolute atomic E-state index is 0.0439. The summed E-state index contributed by atoms with van der Waals surface area (Å²) in [6, 6.07) is 7.93. The lowest BCUT2D eigenvalue weighted by atomic mass is 10.1. The summed E-state index contributed by atoms with van der Waals surface area (Å²) >= 11 is 3.59. The van der Waals surface area contributed by atoms with Crippen LogP contribution in [0.25, 0.3) is 0 Å². The van der Waals surface area contributed by atoms with Crippen molar-refractivity contribution < 1.29 is 4.74 Å². The van der Waals surface area contributed by atoms with Gasteiger partial charge in [0.1, 0.15) is 12.4 Å². The van der Waals surface area contributed by atoms with Gasteiger partial charge in [-0.05, 0) is 47.0 Å². The minimum Gasteiger partial charge on any atom is -0.487 e. The molecule has 20 heavy (non-hydrogen) atoms. The lowest BCUT2D eigenvalue weighted by Crippen LogP contribution is -2.05. The zero-order valence-electron chi connectivity index (χ0n) is 12.1. The first kappa shape index (κ1) is 15.1. The van der Waals surface area contributed by atoms with E-state index in [1.54, 1.807) is 0 Å². The van der Waals surface area contributed by atoms with Gasteiger partial charge in [-0.2, -0.15) is 5.10 Å². The largest absolute Gasteiger partial charge is 0.487 e. The number of nitrogens with two attached hydrogens (primary N) is 1. The molecule has 1 aromatic heterocycles. The number of hydrogen-bond donors (Lipinski definition) is 1. The number of hydrogen-bond acceptors (Lipinski definition) is 3. The van der Waals surface area contributed by atoms with E-state index in [2.05, 4.69) is 28.0 Å². The highest BCUT2D eigenvalue weighted by atomic mass is 79.9. The Morgan fingerprint density at radius 2 is 2.00 bits per heavy atom. The highest BCUT2D eigenvalue weighted by Crippen LogP contribution is 2.23. The third-order valence-electron chi connectivity index (χ3n) is 3.28. The summed E-state index contributed by atoms with van der Waals surface area (Å²) in [4.78, 5) is 0. The summed E-state index contributed by atoms with van der Waals surface area (Å²) in [7, 11) is 1.93. The van der Waals surface area contributed by atoms with Gasteiger partial charge in [0.15, 0.2) is 0 Å². The van der Waals surface area contributed by atoms with Crippen molar-refractivity contribution in [1.82, 2.24) is 9.78 Å². The van der Waals surface area contributed by atoms with Crippen LogP contribution in [0.4, 0.5) is 0 Å². The lowest BCUT2D eigenvalue weighted by Gasteiger charge is -2.09. The molecule has 0 unspecified atom stereocenters. The number of nitrogens with zero attached hydrogens (tertiary/aromatic N) is 2. The summed E-state index contributed by atoms with van der Waals surface area (Å²) in [5.41, 5.74) is 9.03. The third kappa shape index (κ3) is 3.22. The van der Waals surface area contributed by atoms with Crippen molar-refractivity contribution in [3.63, 3.8) is 0 Å². The van der Waals surface area contributed by atoms with Crippen molar-refractivity contribution in [3.05, 3.63) is 45.7 Å². The Hall–Kier alpha value is -1.33. The SMILES string of the molecule is CCc1nn(C)c(COc2ccc([C@@H](C)N)cc2)c1Br. The number of aryl methyl sites for hydroxylation is 2. The number of ether oxygens (including phenoxy) is 1. The molecule has 1 aromatic carbocycles. The van der Waals surface area contributed by atoms with Gasteiger partial charge in [0.25, 0.3) is 0 Å². The normalized spacial score (nSPS) is 12.4. The topological polar surface area (TPSA) is 53.1 Å². The monoisotopic (exact) mass is 337 g/mol. The molecule has 4 nitrogen and oxygen atoms in total. The van der Waals surface area contributed by atoms with E-state index in [0.717, 1.165) is 33.6 Å². The average Bonchev–Trinajstić information content (AvgIpc) is 2.71. The Morgan fingerprint density at radius 3 is 2.50 bits per heavy atom. The zero-order valence-corrected chi connectivity index (χ0v) is 13.6. The molecule has 0 saturated heterocycles. The molecule has 1 atom stereocenters. The van der Waals surface area contributed by atoms with Crippen molar-refractivity contribution >= 4 is 15.9 Å². The van der Waals surface area contributed by atoms with Crippen molar-refractivity contribution in [1.29, 1.82) is 0 Å². The van der Waals surface area contributed by atoms with Crippen LogP contribution < -0.4 is 10.5 Å². The minimum atomic E-state index is 0.0439. The highest BCUT2D eigenvalue weighted by Gasteiger charge is 2.12. The molecule has 5 heteroatoms. The molecule has 0 amide bonds. The smallest absolute Gasteiger partial charge is 0.131 e. The van der Waals surface area contributed by atoms with Crippen LogP contribution >= 0.6 is 15.9 Å². The molecule has 0 saturated carbocycles. The van der Waals surface area contributed by atoms with Gasteiger partial charge in [-0.3, -0.25) is 4.68 Å². The van der Waals surface area contributed by atoms with Crippen molar-refractivity contribution in [3.8, 4) is 5.75 Å². The maximum absolute atomic E-state index is 5.83. The van der Waals surface area contributed by atoms with Gasteiger partial charge < -0.3 is 10.5 Å². The van der Waals surface area contributed by atoms with Gasteiger partial charge in [0.2, 0.25) is 0 Å². The number of rotatable bonds is 5. The molecule has 0 aliphatic carbocycles. The van der Waals surface area contributed by atoms with Gasteiger partial charge in [-0.15, -0.1) is 0 Å². The fourth-order valence-electron chi connectivity index (χ4n) is 2.00. The van der Waals surface area contributed by atoms with Gasteiger partial charge in [-0.25, -0.2) is 0 Å². The average molecular weight is 338 g/mol. The van der Waals surface area contributed by atoms with Crippen LogP contribution in [0.3, 0.4) is 0 Å². The molecule has 2 aromatic rings. The Bertz CT molecular complexity index is 576. The standard InChI is InChI=1S/C15H20BrN3O/c1-4-13-15(16)14(19(3)18-13)9-20-12-7-5-11(6-8-12)10(2)17/h5-8,10H,4,9,17H2,1-3H3/t10-/m1/s1. The first-order valence-corrected chi connectivity index (χ1v) is 7.50. The summed E-state index contributed by atoms with van der Waals surface area (Å²) in [6.07, 6.45) is 0.900. The summed E-state index contributed by atoms with van der Waals surface area (Å²) in [5.74, 6) is 0.834. The second-order valence-corrected chi connectivity index (χ2v) is 5.62. The van der Waals surface area contributed by atoms with E-state index >= 15 is 0 Å². The van der Waals surface area contributed by atoms with Gasteiger partial charge in [0, 0.05) is 13.1 Å². The first-order chi connectivity index (χ1) is 9.52. The Balaban J connectivity index is 2.07. The van der Waals surface area contributed by atoms with E-state index in [0.29, 0.717) is 6.61 Å². The molecule has 0 radical (unpaired) electrons. The Morgan fingerprint density at radius 1 is 1.35 bits per heavy atom. The Kier molecular flexibility index (Phi) is 4.83. The molecule has 2 rings (SSSR count).